The Morgan fingerprint density at radius 3 is 2.89 bits per heavy atom. The predicted molar refractivity (Wildman–Crippen MR) is 79.3 cm³/mol. The second-order valence-corrected chi connectivity index (χ2v) is 6.12. The lowest BCUT2D eigenvalue weighted by Crippen LogP contribution is -2.11. The molecule has 0 spiro atoms. The maximum absolute atomic E-state index is 10.0. The zero-order valence-electron chi connectivity index (χ0n) is 11.3. The summed E-state index contributed by atoms with van der Waals surface area (Å²) in [7, 11) is 2.04. The molecule has 0 fully saturated rings. The highest BCUT2D eigenvalue weighted by Crippen LogP contribution is 2.38. The van der Waals surface area contributed by atoms with Crippen molar-refractivity contribution in [1.29, 1.82) is 0 Å². The highest BCUT2D eigenvalue weighted by molar-refractivity contribution is 7.15. The highest BCUT2D eigenvalue weighted by atomic mass is 32.1. The van der Waals surface area contributed by atoms with Crippen molar-refractivity contribution in [3.05, 3.63) is 40.4 Å². The summed E-state index contributed by atoms with van der Waals surface area (Å²) in [6, 6.07) is 8.30. The first-order valence-electron chi connectivity index (χ1n) is 6.64. The molecule has 4 heteroatoms. The van der Waals surface area contributed by atoms with E-state index in [4.69, 9.17) is 0 Å². The fourth-order valence-corrected chi connectivity index (χ4v) is 3.70. The number of hydrogen-bond acceptors (Lipinski definition) is 4. The zero-order chi connectivity index (χ0) is 13.4. The molecule has 1 N–H and O–H groups in total. The summed E-state index contributed by atoms with van der Waals surface area (Å²) >= 11 is 1.71. The largest absolute Gasteiger partial charge is 0.387 e. The fourth-order valence-electron chi connectivity index (χ4n) is 2.57. The number of anilines is 2. The molecule has 1 aliphatic carbocycles. The molecular weight excluding hydrogens is 256 g/mol. The lowest BCUT2D eigenvalue weighted by atomic mass is 10.0. The van der Waals surface area contributed by atoms with Gasteiger partial charge in [-0.3, -0.25) is 0 Å². The average Bonchev–Trinajstić information content (AvgIpc) is 2.84. The Morgan fingerprint density at radius 2 is 2.16 bits per heavy atom. The minimum absolute atomic E-state index is 0.376. The summed E-state index contributed by atoms with van der Waals surface area (Å²) in [4.78, 5) is 8.00. The summed E-state index contributed by atoms with van der Waals surface area (Å²) < 4.78 is 0. The molecule has 1 aliphatic rings. The molecule has 3 nitrogen and oxygen atoms in total. The van der Waals surface area contributed by atoms with Crippen molar-refractivity contribution in [2.75, 3.05) is 11.9 Å². The Balaban J connectivity index is 1.97. The number of aromatic nitrogens is 1. The van der Waals surface area contributed by atoms with E-state index in [1.807, 2.05) is 19.2 Å². The number of thiazole rings is 1. The molecule has 19 heavy (non-hydrogen) atoms. The molecule has 1 atom stereocenters. The van der Waals surface area contributed by atoms with Crippen molar-refractivity contribution in [1.82, 2.24) is 4.98 Å². The molecule has 0 amide bonds. The van der Waals surface area contributed by atoms with E-state index >= 15 is 0 Å². The van der Waals surface area contributed by atoms with Crippen LogP contribution < -0.4 is 4.90 Å². The second kappa shape index (κ2) is 4.94. The van der Waals surface area contributed by atoms with Crippen LogP contribution in [0.1, 0.15) is 35.1 Å². The Labute approximate surface area is 117 Å². The van der Waals surface area contributed by atoms with Crippen LogP contribution in [0.2, 0.25) is 0 Å². The van der Waals surface area contributed by atoms with E-state index in [-0.39, 0.29) is 6.10 Å². The van der Waals surface area contributed by atoms with E-state index in [1.165, 1.54) is 16.1 Å². The fraction of sp³-hybridized carbons (Fsp3) is 0.400. The van der Waals surface area contributed by atoms with E-state index in [9.17, 15) is 5.11 Å². The quantitative estimate of drug-likeness (QED) is 0.909. The number of para-hydroxylation sites is 1. The van der Waals surface area contributed by atoms with Crippen molar-refractivity contribution in [2.24, 2.45) is 0 Å². The number of fused-ring (bicyclic) bond motifs is 1. The standard InChI is InChI=1S/C15H18N2OS/c1-10-6-3-4-7-11(10)17(2)15-16-14-12(18)8-5-9-13(14)19-15/h3-4,6-7,12,18H,5,8-9H2,1-2H3. The van der Waals surface area contributed by atoms with Gasteiger partial charge in [0.15, 0.2) is 5.13 Å². The van der Waals surface area contributed by atoms with Gasteiger partial charge in [0.1, 0.15) is 0 Å². The maximum atomic E-state index is 10.0. The maximum Gasteiger partial charge on any atom is 0.190 e. The van der Waals surface area contributed by atoms with Gasteiger partial charge in [-0.25, -0.2) is 4.98 Å². The molecule has 1 aromatic carbocycles. The SMILES string of the molecule is Cc1ccccc1N(C)c1nc2c(s1)CCCC2O. The topological polar surface area (TPSA) is 36.4 Å². The van der Waals surface area contributed by atoms with Crippen LogP contribution in [0.15, 0.2) is 24.3 Å². The average molecular weight is 274 g/mol. The van der Waals surface area contributed by atoms with Gasteiger partial charge in [0.25, 0.3) is 0 Å². The molecule has 3 rings (SSSR count). The van der Waals surface area contributed by atoms with Gasteiger partial charge in [-0.1, -0.05) is 18.2 Å². The zero-order valence-corrected chi connectivity index (χ0v) is 12.1. The number of aliphatic hydroxyl groups is 1. The number of aliphatic hydroxyl groups excluding tert-OH is 1. The lowest BCUT2D eigenvalue weighted by Gasteiger charge is -2.18. The summed E-state index contributed by atoms with van der Waals surface area (Å²) in [5.74, 6) is 0. The van der Waals surface area contributed by atoms with Crippen molar-refractivity contribution in [3.63, 3.8) is 0 Å². The van der Waals surface area contributed by atoms with Gasteiger partial charge in [0, 0.05) is 17.6 Å². The van der Waals surface area contributed by atoms with E-state index in [1.54, 1.807) is 11.3 Å². The number of benzene rings is 1. The lowest BCUT2D eigenvalue weighted by molar-refractivity contribution is 0.153. The number of rotatable bonds is 2. The van der Waals surface area contributed by atoms with E-state index < -0.39 is 0 Å². The second-order valence-electron chi connectivity index (χ2n) is 5.06. The van der Waals surface area contributed by atoms with Gasteiger partial charge in [0.05, 0.1) is 11.8 Å². The van der Waals surface area contributed by atoms with Crippen LogP contribution in [0, 0.1) is 6.92 Å². The molecule has 0 saturated carbocycles. The minimum Gasteiger partial charge on any atom is -0.387 e. The first kappa shape index (κ1) is 12.6. The van der Waals surface area contributed by atoms with Gasteiger partial charge in [-0.15, -0.1) is 11.3 Å². The highest BCUT2D eigenvalue weighted by Gasteiger charge is 2.24. The van der Waals surface area contributed by atoms with Crippen molar-refractivity contribution < 1.29 is 5.11 Å². The third-order valence-electron chi connectivity index (χ3n) is 3.68. The van der Waals surface area contributed by atoms with Crippen LogP contribution in [0.3, 0.4) is 0 Å². The monoisotopic (exact) mass is 274 g/mol. The molecule has 0 aliphatic heterocycles. The smallest absolute Gasteiger partial charge is 0.190 e. The predicted octanol–water partition coefficient (Wildman–Crippen LogP) is 3.59. The molecule has 1 unspecified atom stereocenters. The van der Waals surface area contributed by atoms with Crippen molar-refractivity contribution in [2.45, 2.75) is 32.3 Å². The van der Waals surface area contributed by atoms with Gasteiger partial charge >= 0.3 is 0 Å². The molecule has 0 radical (unpaired) electrons. The van der Waals surface area contributed by atoms with E-state index in [0.717, 1.165) is 30.1 Å². The number of aryl methyl sites for hydroxylation is 2. The Morgan fingerprint density at radius 1 is 1.37 bits per heavy atom. The van der Waals surface area contributed by atoms with Crippen LogP contribution in [-0.2, 0) is 6.42 Å². The summed E-state index contributed by atoms with van der Waals surface area (Å²) in [6.45, 7) is 2.11. The van der Waals surface area contributed by atoms with Crippen LogP contribution in [-0.4, -0.2) is 17.1 Å². The van der Waals surface area contributed by atoms with Crippen LogP contribution in [0.5, 0.6) is 0 Å². The van der Waals surface area contributed by atoms with E-state index in [2.05, 4.69) is 28.9 Å². The van der Waals surface area contributed by atoms with Gasteiger partial charge in [0.2, 0.25) is 0 Å². The third-order valence-corrected chi connectivity index (χ3v) is 4.88. The molecule has 2 aromatic rings. The Hall–Kier alpha value is -1.39. The summed E-state index contributed by atoms with van der Waals surface area (Å²) in [5, 5.41) is 11.0. The molecular formula is C15H18N2OS. The van der Waals surface area contributed by atoms with E-state index in [0.29, 0.717) is 0 Å². The van der Waals surface area contributed by atoms with Crippen LogP contribution >= 0.6 is 11.3 Å². The third kappa shape index (κ3) is 2.26. The van der Waals surface area contributed by atoms with Crippen molar-refractivity contribution in [3.8, 4) is 0 Å². The number of nitrogens with zero attached hydrogens (tertiary/aromatic N) is 2. The molecule has 100 valence electrons. The van der Waals surface area contributed by atoms with Crippen molar-refractivity contribution >= 4 is 22.2 Å². The van der Waals surface area contributed by atoms with Gasteiger partial charge in [-0.05, 0) is 37.8 Å². The number of hydrogen-bond donors (Lipinski definition) is 1. The molecule has 1 heterocycles. The molecule has 1 aromatic heterocycles. The van der Waals surface area contributed by atoms with Gasteiger partial charge < -0.3 is 10.0 Å². The van der Waals surface area contributed by atoms with Crippen LogP contribution in [0.25, 0.3) is 0 Å². The van der Waals surface area contributed by atoms with Gasteiger partial charge in [-0.2, -0.15) is 0 Å². The molecule has 0 saturated heterocycles. The normalized spacial score (nSPS) is 18.2. The molecule has 0 bridgehead atoms. The first-order chi connectivity index (χ1) is 9.16. The Bertz CT molecular complexity index is 594. The summed E-state index contributed by atoms with van der Waals surface area (Å²) in [6.07, 6.45) is 2.57. The first-order valence-corrected chi connectivity index (χ1v) is 7.45. The summed E-state index contributed by atoms with van der Waals surface area (Å²) in [5.41, 5.74) is 3.30. The van der Waals surface area contributed by atoms with Crippen LogP contribution in [0.4, 0.5) is 10.8 Å². The Kier molecular flexibility index (Phi) is 3.29. The minimum atomic E-state index is -0.376.